The number of aromatic nitrogens is 2. The number of hydrogen-bond acceptors (Lipinski definition) is 6. The topological polar surface area (TPSA) is 59.2 Å². The van der Waals surface area contributed by atoms with Crippen molar-refractivity contribution in [1.82, 2.24) is 15.1 Å². The molecule has 1 atom stereocenters. The standard InChI is InChI=1S/C14H12ClN3O2S2/c1-2-10-13(19)18(14(21)22-10)7-11-16-17-12(20-11)8-3-5-9(15)6-4-8/h3-6,10H,2,7H2,1H3. The predicted octanol–water partition coefficient (Wildman–Crippen LogP) is 3.53. The summed E-state index contributed by atoms with van der Waals surface area (Å²) in [7, 11) is 0. The fraction of sp³-hybridized carbons (Fsp3) is 0.286. The van der Waals surface area contributed by atoms with Gasteiger partial charge in [-0.3, -0.25) is 9.69 Å². The highest BCUT2D eigenvalue weighted by atomic mass is 35.5. The fourth-order valence-corrected chi connectivity index (χ4v) is 3.61. The summed E-state index contributed by atoms with van der Waals surface area (Å²) < 4.78 is 6.17. The molecule has 2 aromatic rings. The number of thioether (sulfide) groups is 1. The van der Waals surface area contributed by atoms with Crippen LogP contribution in [-0.4, -0.2) is 30.6 Å². The van der Waals surface area contributed by atoms with E-state index in [0.717, 1.165) is 12.0 Å². The molecule has 1 aromatic heterocycles. The molecule has 0 bridgehead atoms. The minimum atomic E-state index is -0.105. The molecule has 0 aliphatic carbocycles. The van der Waals surface area contributed by atoms with E-state index in [1.54, 1.807) is 24.3 Å². The van der Waals surface area contributed by atoms with Crippen molar-refractivity contribution in [2.75, 3.05) is 0 Å². The number of nitrogens with zero attached hydrogens (tertiary/aromatic N) is 3. The SMILES string of the molecule is CCC1SC(=S)N(Cc2nnc(-c3ccc(Cl)cc3)o2)C1=O. The molecule has 1 saturated heterocycles. The highest BCUT2D eigenvalue weighted by molar-refractivity contribution is 8.24. The van der Waals surface area contributed by atoms with E-state index >= 15 is 0 Å². The van der Waals surface area contributed by atoms with Gasteiger partial charge in [0.2, 0.25) is 17.7 Å². The van der Waals surface area contributed by atoms with Crippen LogP contribution in [0.25, 0.3) is 11.5 Å². The first-order chi connectivity index (χ1) is 10.6. The number of rotatable bonds is 4. The highest BCUT2D eigenvalue weighted by Gasteiger charge is 2.36. The number of carbonyl (C=O) groups excluding carboxylic acids is 1. The summed E-state index contributed by atoms with van der Waals surface area (Å²) in [5.41, 5.74) is 0.777. The van der Waals surface area contributed by atoms with Gasteiger partial charge in [-0.15, -0.1) is 10.2 Å². The lowest BCUT2D eigenvalue weighted by Crippen LogP contribution is -2.30. The van der Waals surface area contributed by atoms with Crippen LogP contribution in [0.15, 0.2) is 28.7 Å². The van der Waals surface area contributed by atoms with Gasteiger partial charge in [-0.05, 0) is 30.7 Å². The molecule has 1 aliphatic heterocycles. The number of halogens is 1. The van der Waals surface area contributed by atoms with Crippen LogP contribution in [0, 0.1) is 0 Å². The lowest BCUT2D eigenvalue weighted by molar-refractivity contribution is -0.126. The van der Waals surface area contributed by atoms with E-state index in [-0.39, 0.29) is 17.7 Å². The molecule has 1 unspecified atom stereocenters. The van der Waals surface area contributed by atoms with Crippen molar-refractivity contribution in [3.05, 3.63) is 35.2 Å². The van der Waals surface area contributed by atoms with E-state index in [0.29, 0.717) is 21.1 Å². The number of thiocarbonyl (C=S) groups is 1. The molecule has 2 heterocycles. The summed E-state index contributed by atoms with van der Waals surface area (Å²) in [6.45, 7) is 2.18. The average Bonchev–Trinajstić information content (AvgIpc) is 3.08. The zero-order chi connectivity index (χ0) is 15.7. The van der Waals surface area contributed by atoms with Crippen molar-refractivity contribution in [2.45, 2.75) is 25.1 Å². The first kappa shape index (κ1) is 15.5. The normalized spacial score (nSPS) is 18.3. The van der Waals surface area contributed by atoms with Gasteiger partial charge >= 0.3 is 0 Å². The zero-order valence-electron chi connectivity index (χ0n) is 11.7. The third-order valence-corrected chi connectivity index (χ3v) is 5.23. The van der Waals surface area contributed by atoms with Crippen molar-refractivity contribution in [1.29, 1.82) is 0 Å². The molecule has 114 valence electrons. The van der Waals surface area contributed by atoms with Gasteiger partial charge in [0.25, 0.3) is 0 Å². The van der Waals surface area contributed by atoms with Crippen LogP contribution in [0.2, 0.25) is 5.02 Å². The summed E-state index contributed by atoms with van der Waals surface area (Å²) in [5, 5.41) is 8.52. The number of amides is 1. The summed E-state index contributed by atoms with van der Waals surface area (Å²) in [4.78, 5) is 13.7. The maximum atomic E-state index is 12.2. The largest absolute Gasteiger partial charge is 0.419 e. The second-order valence-electron chi connectivity index (χ2n) is 4.71. The first-order valence-corrected chi connectivity index (χ1v) is 8.35. The summed E-state index contributed by atoms with van der Waals surface area (Å²) in [6, 6.07) is 7.10. The minimum Gasteiger partial charge on any atom is -0.419 e. The van der Waals surface area contributed by atoms with Gasteiger partial charge in [-0.2, -0.15) is 0 Å². The highest BCUT2D eigenvalue weighted by Crippen LogP contribution is 2.30. The van der Waals surface area contributed by atoms with Crippen LogP contribution in [0.3, 0.4) is 0 Å². The van der Waals surface area contributed by atoms with Gasteiger partial charge in [0.15, 0.2) is 0 Å². The minimum absolute atomic E-state index is 0.00347. The number of hydrogen-bond donors (Lipinski definition) is 0. The lowest BCUT2D eigenvalue weighted by Gasteiger charge is -2.12. The van der Waals surface area contributed by atoms with Crippen molar-refractivity contribution in [3.63, 3.8) is 0 Å². The van der Waals surface area contributed by atoms with E-state index in [2.05, 4.69) is 10.2 Å². The van der Waals surface area contributed by atoms with Crippen LogP contribution >= 0.6 is 35.6 Å². The molecule has 1 amide bonds. The van der Waals surface area contributed by atoms with Crippen LogP contribution in [0.5, 0.6) is 0 Å². The van der Waals surface area contributed by atoms with Gasteiger partial charge in [0.1, 0.15) is 10.9 Å². The quantitative estimate of drug-likeness (QED) is 0.784. The van der Waals surface area contributed by atoms with Gasteiger partial charge in [-0.25, -0.2) is 0 Å². The monoisotopic (exact) mass is 353 g/mol. The van der Waals surface area contributed by atoms with Crippen LogP contribution in [0.4, 0.5) is 0 Å². The molecule has 0 N–H and O–H groups in total. The van der Waals surface area contributed by atoms with Crippen molar-refractivity contribution in [3.8, 4) is 11.5 Å². The lowest BCUT2D eigenvalue weighted by atomic mass is 10.2. The summed E-state index contributed by atoms with van der Waals surface area (Å²) >= 11 is 12.5. The molecular formula is C14H12ClN3O2S2. The Balaban J connectivity index is 1.76. The molecule has 22 heavy (non-hydrogen) atoms. The third-order valence-electron chi connectivity index (χ3n) is 3.23. The molecule has 1 aromatic carbocycles. The van der Waals surface area contributed by atoms with E-state index < -0.39 is 0 Å². The molecule has 0 radical (unpaired) electrons. The van der Waals surface area contributed by atoms with Gasteiger partial charge < -0.3 is 4.42 Å². The van der Waals surface area contributed by atoms with Crippen molar-refractivity contribution < 1.29 is 9.21 Å². The second kappa shape index (κ2) is 6.36. The Kier molecular flexibility index (Phi) is 4.46. The molecule has 8 heteroatoms. The molecule has 3 rings (SSSR count). The Morgan fingerprint density at radius 1 is 1.36 bits per heavy atom. The predicted molar refractivity (Wildman–Crippen MR) is 89.6 cm³/mol. The smallest absolute Gasteiger partial charge is 0.247 e. The van der Waals surface area contributed by atoms with Crippen LogP contribution in [-0.2, 0) is 11.3 Å². The maximum Gasteiger partial charge on any atom is 0.247 e. The Morgan fingerprint density at radius 3 is 2.73 bits per heavy atom. The molecular weight excluding hydrogens is 342 g/mol. The Labute approximate surface area is 142 Å². The number of carbonyl (C=O) groups is 1. The van der Waals surface area contributed by atoms with Crippen LogP contribution < -0.4 is 0 Å². The van der Waals surface area contributed by atoms with Gasteiger partial charge in [0, 0.05) is 10.6 Å². The van der Waals surface area contributed by atoms with Gasteiger partial charge in [-0.1, -0.05) is 42.5 Å². The molecule has 5 nitrogen and oxygen atoms in total. The van der Waals surface area contributed by atoms with Crippen LogP contribution in [0.1, 0.15) is 19.2 Å². The third kappa shape index (κ3) is 3.02. The zero-order valence-corrected chi connectivity index (χ0v) is 14.0. The van der Waals surface area contributed by atoms with Crippen molar-refractivity contribution >= 4 is 45.8 Å². The summed E-state index contributed by atoms with van der Waals surface area (Å²) in [6.07, 6.45) is 0.750. The molecule has 0 saturated carbocycles. The fourth-order valence-electron chi connectivity index (χ4n) is 2.06. The Bertz CT molecular complexity index is 717. The van der Waals surface area contributed by atoms with E-state index in [9.17, 15) is 4.79 Å². The summed E-state index contributed by atoms with van der Waals surface area (Å²) in [5.74, 6) is 0.755. The van der Waals surface area contributed by atoms with Gasteiger partial charge in [0.05, 0.1) is 5.25 Å². The maximum absolute atomic E-state index is 12.2. The average molecular weight is 354 g/mol. The number of benzene rings is 1. The molecule has 0 spiro atoms. The molecule has 1 aliphatic rings. The van der Waals surface area contributed by atoms with Crippen molar-refractivity contribution in [2.24, 2.45) is 0 Å². The van der Waals surface area contributed by atoms with E-state index in [1.807, 2.05) is 6.92 Å². The first-order valence-electron chi connectivity index (χ1n) is 6.68. The van der Waals surface area contributed by atoms with E-state index in [1.165, 1.54) is 16.7 Å². The molecule has 1 fully saturated rings. The Hall–Kier alpha value is -1.44. The van der Waals surface area contributed by atoms with E-state index in [4.69, 9.17) is 28.2 Å². The second-order valence-corrected chi connectivity index (χ2v) is 6.99. The Morgan fingerprint density at radius 2 is 2.09 bits per heavy atom.